The second-order valence-corrected chi connectivity index (χ2v) is 9.88. The van der Waals surface area contributed by atoms with Gasteiger partial charge in [0.05, 0.1) is 6.16 Å². The third-order valence-corrected chi connectivity index (χ3v) is 7.21. The first-order chi connectivity index (χ1) is 12.4. The van der Waals surface area contributed by atoms with Crippen molar-refractivity contribution in [2.75, 3.05) is 35.6 Å². The van der Waals surface area contributed by atoms with Gasteiger partial charge in [-0.3, -0.25) is 4.57 Å². The predicted molar refractivity (Wildman–Crippen MR) is 92.7 cm³/mol. The summed E-state index contributed by atoms with van der Waals surface area (Å²) in [7, 11) is -4.10. The van der Waals surface area contributed by atoms with Crippen LogP contribution < -0.4 is 9.80 Å². The van der Waals surface area contributed by atoms with Gasteiger partial charge >= 0.3 is 13.8 Å². The molecular formula is C16H22F3N4O3P. The summed E-state index contributed by atoms with van der Waals surface area (Å²) in [6.45, 7) is 5.37. The van der Waals surface area contributed by atoms with Gasteiger partial charge in [0.25, 0.3) is 0 Å². The number of hydrogen-bond donors (Lipinski definition) is 2. The number of piperidine rings is 1. The normalized spacial score (nSPS) is 33.1. The molecule has 3 unspecified atom stereocenters. The van der Waals surface area contributed by atoms with Crippen LogP contribution in [0.2, 0.25) is 0 Å². The number of anilines is 2. The number of hydrogen-bond acceptors (Lipinski definition) is 5. The van der Waals surface area contributed by atoms with Crippen molar-refractivity contribution in [1.29, 1.82) is 0 Å². The number of halogens is 3. The van der Waals surface area contributed by atoms with E-state index in [-0.39, 0.29) is 41.2 Å². The van der Waals surface area contributed by atoms with Crippen LogP contribution in [0.15, 0.2) is 6.07 Å². The third kappa shape index (κ3) is 3.32. The molecule has 27 heavy (non-hydrogen) atoms. The van der Waals surface area contributed by atoms with Gasteiger partial charge in [0.1, 0.15) is 5.82 Å². The van der Waals surface area contributed by atoms with Gasteiger partial charge in [-0.15, -0.1) is 0 Å². The van der Waals surface area contributed by atoms with E-state index in [2.05, 4.69) is 9.97 Å². The molecule has 1 aromatic heterocycles. The van der Waals surface area contributed by atoms with Crippen molar-refractivity contribution in [2.45, 2.75) is 32.5 Å². The lowest BCUT2D eigenvalue weighted by atomic mass is 10.1. The van der Waals surface area contributed by atoms with Gasteiger partial charge in [-0.25, -0.2) is 4.98 Å². The van der Waals surface area contributed by atoms with Crippen molar-refractivity contribution < 1.29 is 27.5 Å². The summed E-state index contributed by atoms with van der Waals surface area (Å²) in [6, 6.07) is 1.08. The SMILES string of the molecule is C[C@H]1CCN1c1nc(N2CC3C(CP(=O)(O)O)C3(C)C2)cc(C(F)(F)F)n1. The molecule has 0 aromatic carbocycles. The monoisotopic (exact) mass is 406 g/mol. The Bertz CT molecular complexity index is 817. The lowest BCUT2D eigenvalue weighted by Crippen LogP contribution is -2.47. The average Bonchev–Trinajstić information content (AvgIpc) is 2.87. The minimum absolute atomic E-state index is 0.0563. The van der Waals surface area contributed by atoms with E-state index >= 15 is 0 Å². The van der Waals surface area contributed by atoms with Gasteiger partial charge in [-0.2, -0.15) is 18.2 Å². The van der Waals surface area contributed by atoms with Crippen LogP contribution >= 0.6 is 7.60 Å². The Labute approximate surface area is 154 Å². The molecule has 4 atom stereocenters. The van der Waals surface area contributed by atoms with E-state index in [1.165, 1.54) is 0 Å². The second kappa shape index (κ2) is 5.81. The summed E-state index contributed by atoms with van der Waals surface area (Å²) in [6.07, 6.45) is -3.84. The van der Waals surface area contributed by atoms with Crippen LogP contribution in [0.4, 0.5) is 24.9 Å². The Kier molecular flexibility index (Phi) is 4.08. The number of aromatic nitrogens is 2. The number of rotatable bonds is 4. The molecule has 11 heteroatoms. The molecule has 1 saturated carbocycles. The maximum atomic E-state index is 13.3. The summed E-state index contributed by atoms with van der Waals surface area (Å²) in [5.41, 5.74) is -1.26. The van der Waals surface area contributed by atoms with Gasteiger partial charge in [0.15, 0.2) is 5.69 Å². The quantitative estimate of drug-likeness (QED) is 0.742. The zero-order valence-electron chi connectivity index (χ0n) is 15.0. The highest BCUT2D eigenvalue weighted by atomic mass is 31.2. The fraction of sp³-hybridized carbons (Fsp3) is 0.750. The maximum Gasteiger partial charge on any atom is 0.433 e. The molecule has 2 saturated heterocycles. The van der Waals surface area contributed by atoms with Crippen LogP contribution in [-0.2, 0) is 10.7 Å². The molecular weight excluding hydrogens is 384 g/mol. The van der Waals surface area contributed by atoms with Gasteiger partial charge in [-0.05, 0) is 30.6 Å². The molecule has 0 bridgehead atoms. The first-order valence-electron chi connectivity index (χ1n) is 8.91. The lowest BCUT2D eigenvalue weighted by molar-refractivity contribution is -0.141. The van der Waals surface area contributed by atoms with E-state index in [1.807, 2.05) is 13.8 Å². The van der Waals surface area contributed by atoms with E-state index in [0.29, 0.717) is 19.6 Å². The Morgan fingerprint density at radius 1 is 1.37 bits per heavy atom. The summed E-state index contributed by atoms with van der Waals surface area (Å²) < 4.78 is 51.2. The van der Waals surface area contributed by atoms with Crippen LogP contribution in [0.1, 0.15) is 26.0 Å². The molecule has 2 aliphatic heterocycles. The van der Waals surface area contributed by atoms with Crippen LogP contribution in [0.25, 0.3) is 0 Å². The Hall–Kier alpha value is -1.38. The molecule has 4 rings (SSSR count). The summed E-state index contributed by atoms with van der Waals surface area (Å²) in [5.74, 6) is 0.278. The van der Waals surface area contributed by atoms with Crippen molar-refractivity contribution in [3.63, 3.8) is 0 Å². The first-order valence-corrected chi connectivity index (χ1v) is 10.7. The fourth-order valence-electron chi connectivity index (χ4n) is 4.49. The van der Waals surface area contributed by atoms with Crippen LogP contribution in [0.3, 0.4) is 0 Å². The predicted octanol–water partition coefficient (Wildman–Crippen LogP) is 2.34. The van der Waals surface area contributed by atoms with Gasteiger partial charge in [0, 0.05) is 31.7 Å². The topological polar surface area (TPSA) is 89.8 Å². The number of alkyl halides is 3. The van der Waals surface area contributed by atoms with E-state index in [1.54, 1.807) is 9.80 Å². The molecule has 150 valence electrons. The molecule has 3 aliphatic rings. The molecule has 1 aliphatic carbocycles. The van der Waals surface area contributed by atoms with Crippen molar-refractivity contribution in [3.05, 3.63) is 11.8 Å². The largest absolute Gasteiger partial charge is 0.433 e. The third-order valence-electron chi connectivity index (χ3n) is 6.35. The minimum Gasteiger partial charge on any atom is -0.356 e. The Morgan fingerprint density at radius 3 is 2.52 bits per heavy atom. The fourth-order valence-corrected chi connectivity index (χ4v) is 5.67. The van der Waals surface area contributed by atoms with Gasteiger partial charge in [-0.1, -0.05) is 6.92 Å². The maximum absolute atomic E-state index is 13.3. The van der Waals surface area contributed by atoms with Gasteiger partial charge in [0.2, 0.25) is 5.95 Å². The zero-order chi connectivity index (χ0) is 19.8. The molecule has 2 N–H and O–H groups in total. The standard InChI is InChI=1S/C16H22F3N4O3P/c1-9-3-4-23(9)14-20-12(16(17,18)19)5-13(21-14)22-6-10-11(7-27(24,25)26)15(10,2)8-22/h5,9-11H,3-4,6-8H2,1-2H3,(H2,24,25,26)/t9-,10?,11?,15?/m0/s1. The molecule has 3 heterocycles. The first kappa shape index (κ1) is 19.0. The number of nitrogens with zero attached hydrogens (tertiary/aromatic N) is 4. The Balaban J connectivity index is 1.58. The molecule has 0 radical (unpaired) electrons. The van der Waals surface area contributed by atoms with Gasteiger partial charge < -0.3 is 19.6 Å². The van der Waals surface area contributed by atoms with Crippen molar-refractivity contribution in [3.8, 4) is 0 Å². The summed E-state index contributed by atoms with van der Waals surface area (Å²) in [5, 5.41) is 0. The highest BCUT2D eigenvalue weighted by molar-refractivity contribution is 7.51. The second-order valence-electron chi connectivity index (χ2n) is 8.19. The average molecular weight is 406 g/mol. The number of fused-ring (bicyclic) bond motifs is 1. The molecule has 3 fully saturated rings. The van der Waals surface area contributed by atoms with Crippen LogP contribution in [0, 0.1) is 17.3 Å². The molecule has 7 nitrogen and oxygen atoms in total. The van der Waals surface area contributed by atoms with Crippen LogP contribution in [0.5, 0.6) is 0 Å². The highest BCUT2D eigenvalue weighted by Gasteiger charge is 2.67. The van der Waals surface area contributed by atoms with E-state index in [0.717, 1.165) is 12.5 Å². The minimum atomic E-state index is -4.56. The Morgan fingerprint density at radius 2 is 2.07 bits per heavy atom. The van der Waals surface area contributed by atoms with E-state index < -0.39 is 19.5 Å². The smallest absolute Gasteiger partial charge is 0.356 e. The molecule has 1 aromatic rings. The van der Waals surface area contributed by atoms with Crippen molar-refractivity contribution >= 4 is 19.4 Å². The summed E-state index contributed by atoms with van der Waals surface area (Å²) in [4.78, 5) is 30.1. The van der Waals surface area contributed by atoms with Crippen molar-refractivity contribution in [2.24, 2.45) is 17.3 Å². The van der Waals surface area contributed by atoms with Crippen molar-refractivity contribution in [1.82, 2.24) is 9.97 Å². The van der Waals surface area contributed by atoms with E-state index in [4.69, 9.17) is 0 Å². The van der Waals surface area contributed by atoms with Crippen LogP contribution in [-0.4, -0.2) is 51.6 Å². The van der Waals surface area contributed by atoms with E-state index in [9.17, 15) is 27.5 Å². The lowest BCUT2D eigenvalue weighted by Gasteiger charge is -2.39. The molecule has 0 amide bonds. The highest BCUT2D eigenvalue weighted by Crippen LogP contribution is 2.66. The summed E-state index contributed by atoms with van der Waals surface area (Å²) >= 11 is 0. The zero-order valence-corrected chi connectivity index (χ0v) is 15.9. The molecule has 0 spiro atoms.